The third-order valence-corrected chi connectivity index (χ3v) is 4.89. The lowest BCUT2D eigenvalue weighted by Gasteiger charge is -2.51. The quantitative estimate of drug-likeness (QED) is 0.792. The summed E-state index contributed by atoms with van der Waals surface area (Å²) in [5.74, 6) is -3.36. The van der Waals surface area contributed by atoms with Gasteiger partial charge in [-0.2, -0.15) is 0 Å². The van der Waals surface area contributed by atoms with Crippen LogP contribution in [0.4, 0.5) is 18.0 Å². The number of fused-ring (bicyclic) bond motifs is 2. The van der Waals surface area contributed by atoms with Gasteiger partial charge < -0.3 is 14.6 Å². The normalized spacial score (nSPS) is 28.2. The van der Waals surface area contributed by atoms with E-state index in [1.165, 1.54) is 0 Å². The van der Waals surface area contributed by atoms with Crippen LogP contribution in [-0.4, -0.2) is 52.6 Å². The Morgan fingerprint density at radius 1 is 1.22 bits per heavy atom. The van der Waals surface area contributed by atoms with E-state index in [1.807, 2.05) is 0 Å². The molecule has 27 heavy (non-hydrogen) atoms. The Kier molecular flexibility index (Phi) is 5.16. The number of aliphatic hydroxyl groups is 1. The van der Waals surface area contributed by atoms with Crippen LogP contribution < -0.4 is 0 Å². The second kappa shape index (κ2) is 6.98. The molecule has 8 heteroatoms. The molecule has 0 saturated carbocycles. The maximum atomic E-state index is 14.0. The second-order valence-corrected chi connectivity index (χ2v) is 8.36. The Bertz CT molecular complexity index is 720. The van der Waals surface area contributed by atoms with E-state index < -0.39 is 52.4 Å². The van der Waals surface area contributed by atoms with E-state index in [2.05, 4.69) is 0 Å². The van der Waals surface area contributed by atoms with Crippen molar-refractivity contribution in [3.05, 3.63) is 35.1 Å². The largest absolute Gasteiger partial charge is 0.444 e. The van der Waals surface area contributed by atoms with Crippen LogP contribution in [0.2, 0.25) is 0 Å². The standard InChI is InChI=1S/C19H24F3NO4/c1-18(2,3)27-17(24)23-11-6-19(25,7-12(23)10-26-9-11)8-13-14(20)4-5-15(21)16(13)22/h4-5,11-12,25H,6-10H2,1-3H3. The zero-order valence-electron chi connectivity index (χ0n) is 15.6. The first kappa shape index (κ1) is 19.9. The summed E-state index contributed by atoms with van der Waals surface area (Å²) in [7, 11) is 0. The van der Waals surface area contributed by atoms with Gasteiger partial charge in [0.1, 0.15) is 11.4 Å². The number of benzene rings is 1. The number of halogens is 3. The maximum Gasteiger partial charge on any atom is 0.410 e. The molecule has 2 aliphatic rings. The van der Waals surface area contributed by atoms with Crippen molar-refractivity contribution in [2.24, 2.45) is 0 Å². The Labute approximate surface area is 156 Å². The number of piperidine rings is 1. The van der Waals surface area contributed by atoms with Crippen molar-refractivity contribution in [2.75, 3.05) is 13.2 Å². The van der Waals surface area contributed by atoms with Gasteiger partial charge in [0.2, 0.25) is 0 Å². The molecule has 0 aliphatic carbocycles. The summed E-state index contributed by atoms with van der Waals surface area (Å²) in [5.41, 5.74) is -2.64. The first-order valence-corrected chi connectivity index (χ1v) is 8.93. The highest BCUT2D eigenvalue weighted by molar-refractivity contribution is 5.69. The van der Waals surface area contributed by atoms with Gasteiger partial charge in [0.15, 0.2) is 11.6 Å². The molecule has 3 rings (SSSR count). The molecule has 0 aromatic heterocycles. The third kappa shape index (κ3) is 4.21. The highest BCUT2D eigenvalue weighted by Crippen LogP contribution is 2.38. The van der Waals surface area contributed by atoms with Crippen molar-refractivity contribution in [2.45, 2.75) is 63.3 Å². The zero-order valence-corrected chi connectivity index (χ0v) is 15.6. The first-order chi connectivity index (χ1) is 12.5. The fourth-order valence-corrected chi connectivity index (χ4v) is 3.89. The first-order valence-electron chi connectivity index (χ1n) is 8.93. The Balaban J connectivity index is 1.82. The number of carbonyl (C=O) groups is 1. The molecule has 1 amide bonds. The average molecular weight is 387 g/mol. The van der Waals surface area contributed by atoms with Gasteiger partial charge in [0.05, 0.1) is 30.9 Å². The molecule has 0 spiro atoms. The van der Waals surface area contributed by atoms with Gasteiger partial charge in [-0.25, -0.2) is 18.0 Å². The van der Waals surface area contributed by atoms with Gasteiger partial charge in [-0.15, -0.1) is 0 Å². The van der Waals surface area contributed by atoms with E-state index in [1.54, 1.807) is 25.7 Å². The van der Waals surface area contributed by atoms with Crippen LogP contribution in [0.5, 0.6) is 0 Å². The van der Waals surface area contributed by atoms with Crippen molar-refractivity contribution in [3.63, 3.8) is 0 Å². The van der Waals surface area contributed by atoms with Crippen LogP contribution in [0, 0.1) is 17.5 Å². The predicted molar refractivity (Wildman–Crippen MR) is 90.7 cm³/mol. The van der Waals surface area contributed by atoms with Crippen molar-refractivity contribution in [3.8, 4) is 0 Å². The number of rotatable bonds is 2. The number of hydrogen-bond donors (Lipinski definition) is 1. The number of amides is 1. The fraction of sp³-hybridized carbons (Fsp3) is 0.632. The molecule has 2 heterocycles. The summed E-state index contributed by atoms with van der Waals surface area (Å²) in [4.78, 5) is 14.1. The predicted octanol–water partition coefficient (Wildman–Crippen LogP) is 3.18. The van der Waals surface area contributed by atoms with Crippen LogP contribution in [0.25, 0.3) is 0 Å². The van der Waals surface area contributed by atoms with Crippen LogP contribution >= 0.6 is 0 Å². The number of nitrogens with zero attached hydrogens (tertiary/aromatic N) is 1. The summed E-state index contributed by atoms with van der Waals surface area (Å²) in [6.07, 6.45) is -0.778. The summed E-state index contributed by atoms with van der Waals surface area (Å²) in [6.45, 7) is 5.64. The van der Waals surface area contributed by atoms with Crippen LogP contribution in [-0.2, 0) is 15.9 Å². The van der Waals surface area contributed by atoms with Gasteiger partial charge >= 0.3 is 6.09 Å². The molecule has 1 N–H and O–H groups in total. The molecule has 0 radical (unpaired) electrons. The number of hydrogen-bond acceptors (Lipinski definition) is 4. The minimum atomic E-state index is -1.48. The molecule has 1 aromatic carbocycles. The van der Waals surface area contributed by atoms with Crippen LogP contribution in [0.15, 0.2) is 12.1 Å². The van der Waals surface area contributed by atoms with Gasteiger partial charge in [0, 0.05) is 12.0 Å². The lowest BCUT2D eigenvalue weighted by molar-refractivity contribution is -0.137. The van der Waals surface area contributed by atoms with Gasteiger partial charge in [-0.3, -0.25) is 4.90 Å². The van der Waals surface area contributed by atoms with Crippen molar-refractivity contribution in [1.82, 2.24) is 4.90 Å². The molecular formula is C19H24F3NO4. The average Bonchev–Trinajstić information content (AvgIpc) is 2.53. The molecule has 5 nitrogen and oxygen atoms in total. The highest BCUT2D eigenvalue weighted by Gasteiger charge is 2.49. The van der Waals surface area contributed by atoms with Crippen LogP contribution in [0.3, 0.4) is 0 Å². The SMILES string of the molecule is CC(C)(C)OC(=O)N1C2COCC1CC(O)(Cc1c(F)ccc(F)c1F)C2. The van der Waals surface area contributed by atoms with E-state index in [0.717, 1.165) is 6.07 Å². The Morgan fingerprint density at radius 3 is 2.33 bits per heavy atom. The molecule has 2 fully saturated rings. The van der Waals surface area contributed by atoms with Gasteiger partial charge in [-0.1, -0.05) is 0 Å². The van der Waals surface area contributed by atoms with E-state index in [9.17, 15) is 23.1 Å². The number of morpholine rings is 1. The maximum absolute atomic E-state index is 14.0. The van der Waals surface area contributed by atoms with Crippen molar-refractivity contribution < 1.29 is 32.5 Å². The summed E-state index contributed by atoms with van der Waals surface area (Å²) in [6, 6.07) is 0.581. The number of ether oxygens (including phenoxy) is 2. The molecule has 2 atom stereocenters. The highest BCUT2D eigenvalue weighted by atomic mass is 19.2. The molecule has 2 unspecified atom stereocenters. The van der Waals surface area contributed by atoms with Gasteiger partial charge in [-0.05, 0) is 45.7 Å². The Morgan fingerprint density at radius 2 is 1.78 bits per heavy atom. The topological polar surface area (TPSA) is 59.0 Å². The van der Waals surface area contributed by atoms with E-state index in [4.69, 9.17) is 9.47 Å². The monoisotopic (exact) mass is 387 g/mol. The molecule has 1 aromatic rings. The van der Waals surface area contributed by atoms with Crippen molar-refractivity contribution in [1.29, 1.82) is 0 Å². The van der Waals surface area contributed by atoms with Crippen molar-refractivity contribution >= 4 is 6.09 Å². The molecular weight excluding hydrogens is 363 g/mol. The zero-order chi connectivity index (χ0) is 20.0. The molecule has 2 bridgehead atoms. The fourth-order valence-electron chi connectivity index (χ4n) is 3.89. The molecule has 2 saturated heterocycles. The smallest absolute Gasteiger partial charge is 0.410 e. The molecule has 150 valence electrons. The lowest BCUT2D eigenvalue weighted by Crippen LogP contribution is -2.64. The summed E-state index contributed by atoms with van der Waals surface area (Å²) >= 11 is 0. The third-order valence-electron chi connectivity index (χ3n) is 4.89. The minimum absolute atomic E-state index is 0.0537. The summed E-state index contributed by atoms with van der Waals surface area (Å²) < 4.78 is 52.4. The minimum Gasteiger partial charge on any atom is -0.444 e. The van der Waals surface area contributed by atoms with E-state index in [0.29, 0.717) is 6.07 Å². The second-order valence-electron chi connectivity index (χ2n) is 8.36. The van der Waals surface area contributed by atoms with E-state index >= 15 is 0 Å². The summed E-state index contributed by atoms with van der Waals surface area (Å²) in [5, 5.41) is 11.0. The lowest BCUT2D eigenvalue weighted by atomic mass is 9.77. The van der Waals surface area contributed by atoms with Gasteiger partial charge in [0.25, 0.3) is 0 Å². The van der Waals surface area contributed by atoms with E-state index in [-0.39, 0.29) is 32.5 Å². The number of carbonyl (C=O) groups excluding carboxylic acids is 1. The van der Waals surface area contributed by atoms with Crippen LogP contribution in [0.1, 0.15) is 39.2 Å². The molecule has 2 aliphatic heterocycles. The Hall–Kier alpha value is -1.80.